The zero-order valence-corrected chi connectivity index (χ0v) is 10.1. The van der Waals surface area contributed by atoms with Crippen LogP contribution in [0.3, 0.4) is 0 Å². The maximum Gasteiger partial charge on any atom is 0.305 e. The van der Waals surface area contributed by atoms with Gasteiger partial charge in [-0.2, -0.15) is 0 Å². The Morgan fingerprint density at radius 1 is 1.23 bits per heavy atom. The minimum Gasteiger partial charge on any atom is -0.463 e. The molecular formula is C9H20O3Si. The van der Waals surface area contributed by atoms with Crippen LogP contribution in [0.1, 0.15) is 19.8 Å². The Balaban J connectivity index is 3.31. The van der Waals surface area contributed by atoms with Gasteiger partial charge in [0.05, 0.1) is 6.61 Å². The predicted octanol–water partition coefficient (Wildman–Crippen LogP) is 2.18. The number of carbonyl (C=O) groups is 1. The summed E-state index contributed by atoms with van der Waals surface area (Å²) < 4.78 is 10.5. The lowest BCUT2D eigenvalue weighted by atomic mass is 10.3. The van der Waals surface area contributed by atoms with Gasteiger partial charge in [-0.3, -0.25) is 4.79 Å². The highest BCUT2D eigenvalue weighted by Crippen LogP contribution is 2.01. The number of ether oxygens (including phenoxy) is 1. The smallest absolute Gasteiger partial charge is 0.305 e. The van der Waals surface area contributed by atoms with Gasteiger partial charge in [-0.05, 0) is 26.1 Å². The number of esters is 1. The van der Waals surface area contributed by atoms with Crippen LogP contribution in [0, 0.1) is 0 Å². The third-order valence-corrected chi connectivity index (χ3v) is 2.41. The molecule has 0 N–H and O–H groups in total. The summed E-state index contributed by atoms with van der Waals surface area (Å²) in [6.45, 7) is 9.22. The van der Waals surface area contributed by atoms with Gasteiger partial charge in [-0.1, -0.05) is 6.92 Å². The first-order valence-electron chi connectivity index (χ1n) is 4.75. The molecule has 0 aromatic carbocycles. The fourth-order valence-electron chi connectivity index (χ4n) is 0.780. The van der Waals surface area contributed by atoms with Crippen molar-refractivity contribution >= 4 is 14.3 Å². The molecule has 78 valence electrons. The zero-order chi connectivity index (χ0) is 10.3. The molecule has 3 nitrogen and oxygen atoms in total. The van der Waals surface area contributed by atoms with Crippen molar-refractivity contribution in [3.8, 4) is 0 Å². The zero-order valence-electron chi connectivity index (χ0n) is 9.05. The second-order valence-electron chi connectivity index (χ2n) is 3.93. The Hall–Kier alpha value is -0.353. The van der Waals surface area contributed by atoms with Gasteiger partial charge in [0.15, 0.2) is 8.32 Å². The number of carbonyl (C=O) groups excluding carboxylic acids is 1. The van der Waals surface area contributed by atoms with Gasteiger partial charge in [0.2, 0.25) is 0 Å². The molecule has 0 aromatic rings. The quantitative estimate of drug-likeness (QED) is 0.378. The Labute approximate surface area is 81.6 Å². The van der Waals surface area contributed by atoms with E-state index in [0.29, 0.717) is 19.6 Å². The topological polar surface area (TPSA) is 35.5 Å². The van der Waals surface area contributed by atoms with Crippen LogP contribution in [0.5, 0.6) is 0 Å². The molecular weight excluding hydrogens is 184 g/mol. The first kappa shape index (κ1) is 12.6. The van der Waals surface area contributed by atoms with Gasteiger partial charge in [0, 0.05) is 6.42 Å². The largest absolute Gasteiger partial charge is 0.463 e. The fourth-order valence-corrected chi connectivity index (χ4v) is 1.48. The van der Waals surface area contributed by atoms with E-state index < -0.39 is 8.32 Å². The van der Waals surface area contributed by atoms with Crippen LogP contribution in [-0.2, 0) is 14.0 Å². The molecule has 0 saturated carbocycles. The first-order chi connectivity index (χ1) is 5.95. The molecule has 0 rings (SSSR count). The van der Waals surface area contributed by atoms with Gasteiger partial charge in [0.1, 0.15) is 6.61 Å². The van der Waals surface area contributed by atoms with Crippen molar-refractivity contribution in [3.05, 3.63) is 0 Å². The second kappa shape index (κ2) is 6.15. The van der Waals surface area contributed by atoms with Crippen molar-refractivity contribution in [1.82, 2.24) is 0 Å². The molecule has 0 radical (unpaired) electrons. The Morgan fingerprint density at radius 2 is 1.85 bits per heavy atom. The molecule has 0 aliphatic carbocycles. The van der Waals surface area contributed by atoms with E-state index in [1.807, 2.05) is 6.92 Å². The average Bonchev–Trinajstić information content (AvgIpc) is 1.97. The maximum absolute atomic E-state index is 10.9. The van der Waals surface area contributed by atoms with Crippen molar-refractivity contribution in [2.75, 3.05) is 13.2 Å². The van der Waals surface area contributed by atoms with Crippen LogP contribution in [0.15, 0.2) is 0 Å². The van der Waals surface area contributed by atoms with Crippen LogP contribution < -0.4 is 0 Å². The van der Waals surface area contributed by atoms with Crippen LogP contribution in [-0.4, -0.2) is 27.5 Å². The summed E-state index contributed by atoms with van der Waals surface area (Å²) in [5.41, 5.74) is 0. The van der Waals surface area contributed by atoms with Crippen molar-refractivity contribution < 1.29 is 14.0 Å². The summed E-state index contributed by atoms with van der Waals surface area (Å²) in [7, 11) is -1.44. The molecule has 0 fully saturated rings. The highest BCUT2D eigenvalue weighted by Gasteiger charge is 2.13. The minimum atomic E-state index is -1.44. The molecule has 0 aromatic heterocycles. The molecule has 0 bridgehead atoms. The molecule has 0 aliphatic rings. The molecule has 4 heteroatoms. The van der Waals surface area contributed by atoms with E-state index in [1.165, 1.54) is 0 Å². The van der Waals surface area contributed by atoms with Crippen LogP contribution in [0.2, 0.25) is 19.6 Å². The van der Waals surface area contributed by atoms with Crippen molar-refractivity contribution in [1.29, 1.82) is 0 Å². The molecule has 0 saturated heterocycles. The molecule has 0 amide bonds. The van der Waals surface area contributed by atoms with E-state index in [2.05, 4.69) is 19.6 Å². The molecule has 13 heavy (non-hydrogen) atoms. The van der Waals surface area contributed by atoms with E-state index >= 15 is 0 Å². The van der Waals surface area contributed by atoms with Crippen molar-refractivity contribution in [3.63, 3.8) is 0 Å². The molecule has 0 unspecified atom stereocenters. The first-order valence-corrected chi connectivity index (χ1v) is 8.16. The lowest BCUT2D eigenvalue weighted by molar-refractivity contribution is -0.144. The molecule has 0 heterocycles. The normalized spacial score (nSPS) is 11.4. The lowest BCUT2D eigenvalue weighted by Gasteiger charge is -2.16. The van der Waals surface area contributed by atoms with Gasteiger partial charge < -0.3 is 9.16 Å². The third-order valence-electron chi connectivity index (χ3n) is 1.34. The molecule has 0 aliphatic heterocycles. The Morgan fingerprint density at radius 3 is 2.31 bits per heavy atom. The lowest BCUT2D eigenvalue weighted by Crippen LogP contribution is -2.27. The van der Waals surface area contributed by atoms with Crippen LogP contribution in [0.25, 0.3) is 0 Å². The van der Waals surface area contributed by atoms with E-state index in [1.54, 1.807) is 0 Å². The highest BCUT2D eigenvalue weighted by molar-refractivity contribution is 6.69. The SMILES string of the molecule is CCCC(=O)OCCO[Si](C)(C)C. The van der Waals surface area contributed by atoms with Gasteiger partial charge in [-0.25, -0.2) is 0 Å². The molecule has 0 atom stereocenters. The minimum absolute atomic E-state index is 0.123. The standard InChI is InChI=1S/C9H20O3Si/c1-5-6-9(10)11-7-8-12-13(2,3)4/h5-8H2,1-4H3. The summed E-state index contributed by atoms with van der Waals surface area (Å²) in [4.78, 5) is 10.9. The average molecular weight is 204 g/mol. The van der Waals surface area contributed by atoms with Crippen molar-refractivity contribution in [2.24, 2.45) is 0 Å². The number of hydrogen-bond donors (Lipinski definition) is 0. The third kappa shape index (κ3) is 9.56. The summed E-state index contributed by atoms with van der Waals surface area (Å²) in [6, 6.07) is 0. The van der Waals surface area contributed by atoms with E-state index in [4.69, 9.17) is 9.16 Å². The highest BCUT2D eigenvalue weighted by atomic mass is 28.4. The van der Waals surface area contributed by atoms with Gasteiger partial charge >= 0.3 is 5.97 Å². The number of hydrogen-bond acceptors (Lipinski definition) is 3. The maximum atomic E-state index is 10.9. The van der Waals surface area contributed by atoms with E-state index in [-0.39, 0.29) is 5.97 Å². The second-order valence-corrected chi connectivity index (χ2v) is 8.44. The molecule has 0 spiro atoms. The fraction of sp³-hybridized carbons (Fsp3) is 0.889. The van der Waals surface area contributed by atoms with E-state index in [9.17, 15) is 4.79 Å². The summed E-state index contributed by atoms with van der Waals surface area (Å²) in [6.07, 6.45) is 1.35. The Kier molecular flexibility index (Phi) is 5.99. The summed E-state index contributed by atoms with van der Waals surface area (Å²) in [5, 5.41) is 0. The van der Waals surface area contributed by atoms with E-state index in [0.717, 1.165) is 6.42 Å². The summed E-state index contributed by atoms with van der Waals surface area (Å²) in [5.74, 6) is -0.123. The Bertz CT molecular complexity index is 151. The monoisotopic (exact) mass is 204 g/mol. The predicted molar refractivity (Wildman–Crippen MR) is 55.2 cm³/mol. The van der Waals surface area contributed by atoms with Crippen LogP contribution >= 0.6 is 0 Å². The van der Waals surface area contributed by atoms with Crippen LogP contribution in [0.4, 0.5) is 0 Å². The van der Waals surface area contributed by atoms with Crippen molar-refractivity contribution in [2.45, 2.75) is 39.4 Å². The van der Waals surface area contributed by atoms with Gasteiger partial charge in [-0.15, -0.1) is 0 Å². The summed E-state index contributed by atoms with van der Waals surface area (Å²) >= 11 is 0. The van der Waals surface area contributed by atoms with Gasteiger partial charge in [0.25, 0.3) is 0 Å². The number of rotatable bonds is 6.